The highest BCUT2D eigenvalue weighted by molar-refractivity contribution is 6.05. The van der Waals surface area contributed by atoms with Crippen molar-refractivity contribution in [1.29, 1.82) is 5.26 Å². The van der Waals surface area contributed by atoms with Gasteiger partial charge in [-0.15, -0.1) is 0 Å². The highest BCUT2D eigenvalue weighted by atomic mass is 19.1. The van der Waals surface area contributed by atoms with Crippen LogP contribution >= 0.6 is 0 Å². The van der Waals surface area contributed by atoms with Crippen molar-refractivity contribution in [1.82, 2.24) is 15.2 Å². The Bertz CT molecular complexity index is 1160. The molecule has 2 N–H and O–H groups in total. The van der Waals surface area contributed by atoms with E-state index in [2.05, 4.69) is 20.5 Å². The summed E-state index contributed by atoms with van der Waals surface area (Å²) in [6, 6.07) is 9.66. The van der Waals surface area contributed by atoms with Crippen LogP contribution in [-0.4, -0.2) is 21.1 Å². The molecule has 0 aliphatic carbocycles. The highest BCUT2D eigenvalue weighted by Gasteiger charge is 2.16. The molecule has 1 aromatic carbocycles. The van der Waals surface area contributed by atoms with E-state index in [1.807, 2.05) is 0 Å². The standard InChI is InChI=1S/C18H10FN5O2/c19-14-5-10(7-20)8-21-17(14)18(25)22-12-1-2-15-13(6-12)16(24-23-15)11-3-4-26-9-11/h1-6,8-9H,(H,22,25)(H,23,24). The number of fused-ring (bicyclic) bond motifs is 1. The molecule has 0 aliphatic heterocycles. The van der Waals surface area contributed by atoms with Gasteiger partial charge in [0.05, 0.1) is 23.6 Å². The summed E-state index contributed by atoms with van der Waals surface area (Å²) in [7, 11) is 0. The lowest BCUT2D eigenvalue weighted by atomic mass is 10.1. The summed E-state index contributed by atoms with van der Waals surface area (Å²) in [6.45, 7) is 0. The van der Waals surface area contributed by atoms with Gasteiger partial charge in [0.25, 0.3) is 5.91 Å². The first-order chi connectivity index (χ1) is 12.7. The number of nitriles is 1. The molecule has 0 bridgehead atoms. The number of amides is 1. The van der Waals surface area contributed by atoms with Crippen LogP contribution in [0.2, 0.25) is 0 Å². The Morgan fingerprint density at radius 1 is 1.31 bits per heavy atom. The second-order valence-electron chi connectivity index (χ2n) is 5.46. The molecule has 0 unspecified atom stereocenters. The van der Waals surface area contributed by atoms with Crippen molar-refractivity contribution in [3.8, 4) is 17.3 Å². The van der Waals surface area contributed by atoms with E-state index in [0.717, 1.165) is 28.7 Å². The zero-order valence-corrected chi connectivity index (χ0v) is 13.2. The minimum absolute atomic E-state index is 0.0450. The maximum Gasteiger partial charge on any atom is 0.277 e. The number of hydrogen-bond donors (Lipinski definition) is 2. The molecule has 0 spiro atoms. The van der Waals surface area contributed by atoms with E-state index in [1.54, 1.807) is 42.9 Å². The first-order valence-corrected chi connectivity index (χ1v) is 7.53. The number of carbonyl (C=O) groups is 1. The van der Waals surface area contributed by atoms with Crippen molar-refractivity contribution in [3.63, 3.8) is 0 Å². The van der Waals surface area contributed by atoms with Crippen LogP contribution in [0.3, 0.4) is 0 Å². The maximum absolute atomic E-state index is 13.9. The number of pyridine rings is 1. The van der Waals surface area contributed by atoms with E-state index in [9.17, 15) is 9.18 Å². The van der Waals surface area contributed by atoms with E-state index in [4.69, 9.17) is 9.68 Å². The normalized spacial score (nSPS) is 10.6. The summed E-state index contributed by atoms with van der Waals surface area (Å²) in [5.74, 6) is -1.57. The van der Waals surface area contributed by atoms with Crippen molar-refractivity contribution < 1.29 is 13.6 Å². The second-order valence-corrected chi connectivity index (χ2v) is 5.46. The third-order valence-corrected chi connectivity index (χ3v) is 3.80. The Morgan fingerprint density at radius 3 is 2.92 bits per heavy atom. The number of hydrogen-bond acceptors (Lipinski definition) is 5. The van der Waals surface area contributed by atoms with Crippen molar-refractivity contribution >= 4 is 22.5 Å². The molecule has 8 heteroatoms. The van der Waals surface area contributed by atoms with Crippen LogP contribution in [0.5, 0.6) is 0 Å². The van der Waals surface area contributed by atoms with Crippen LogP contribution in [0.4, 0.5) is 10.1 Å². The number of benzene rings is 1. The molecule has 0 fully saturated rings. The van der Waals surface area contributed by atoms with Crippen molar-refractivity contribution in [2.75, 3.05) is 5.32 Å². The molecular formula is C18H10FN5O2. The largest absolute Gasteiger partial charge is 0.472 e. The number of halogens is 1. The smallest absolute Gasteiger partial charge is 0.277 e. The van der Waals surface area contributed by atoms with Crippen LogP contribution in [0, 0.1) is 17.1 Å². The van der Waals surface area contributed by atoms with Crippen molar-refractivity contribution in [2.45, 2.75) is 0 Å². The molecule has 3 heterocycles. The van der Waals surface area contributed by atoms with Gasteiger partial charge in [0.2, 0.25) is 0 Å². The molecule has 4 rings (SSSR count). The number of furan rings is 1. The molecule has 0 radical (unpaired) electrons. The van der Waals surface area contributed by atoms with Gasteiger partial charge in [-0.25, -0.2) is 9.37 Å². The molecule has 4 aromatic rings. The fourth-order valence-corrected chi connectivity index (χ4v) is 2.57. The van der Waals surface area contributed by atoms with Crippen molar-refractivity contribution in [3.05, 3.63) is 66.1 Å². The number of H-pyrrole nitrogens is 1. The molecule has 0 saturated heterocycles. The van der Waals surface area contributed by atoms with E-state index < -0.39 is 11.7 Å². The van der Waals surface area contributed by atoms with Crippen LogP contribution in [-0.2, 0) is 0 Å². The number of nitrogens with one attached hydrogen (secondary N) is 2. The Kier molecular flexibility index (Phi) is 3.67. The van der Waals surface area contributed by atoms with Gasteiger partial charge in [-0.2, -0.15) is 10.4 Å². The summed E-state index contributed by atoms with van der Waals surface area (Å²) in [5, 5.41) is 19.3. The lowest BCUT2D eigenvalue weighted by Gasteiger charge is -2.06. The van der Waals surface area contributed by atoms with E-state index in [0.29, 0.717) is 11.4 Å². The number of rotatable bonds is 3. The highest BCUT2D eigenvalue weighted by Crippen LogP contribution is 2.28. The molecule has 126 valence electrons. The quantitative estimate of drug-likeness (QED) is 0.590. The maximum atomic E-state index is 13.9. The fraction of sp³-hybridized carbons (Fsp3) is 0. The zero-order valence-electron chi connectivity index (χ0n) is 13.2. The third-order valence-electron chi connectivity index (χ3n) is 3.80. The minimum atomic E-state index is -0.856. The molecule has 0 saturated carbocycles. The van der Waals surface area contributed by atoms with Gasteiger partial charge in [-0.1, -0.05) is 0 Å². The van der Waals surface area contributed by atoms with Gasteiger partial charge < -0.3 is 9.73 Å². The summed E-state index contributed by atoms with van der Waals surface area (Å²) in [6.07, 6.45) is 4.26. The molecular weight excluding hydrogens is 337 g/mol. The van der Waals surface area contributed by atoms with Crippen LogP contribution in [0.15, 0.2) is 53.5 Å². The number of aromatic amines is 1. The average Bonchev–Trinajstić information content (AvgIpc) is 3.30. The lowest BCUT2D eigenvalue weighted by molar-refractivity contribution is 0.101. The molecule has 1 amide bonds. The van der Waals surface area contributed by atoms with Crippen LogP contribution < -0.4 is 5.32 Å². The summed E-state index contributed by atoms with van der Waals surface area (Å²) in [5.41, 5.74) is 2.36. The average molecular weight is 347 g/mol. The van der Waals surface area contributed by atoms with Gasteiger partial charge in [0, 0.05) is 22.8 Å². The molecule has 7 nitrogen and oxygen atoms in total. The van der Waals surface area contributed by atoms with E-state index in [1.165, 1.54) is 0 Å². The zero-order chi connectivity index (χ0) is 18.1. The number of anilines is 1. The van der Waals surface area contributed by atoms with Gasteiger partial charge in [-0.3, -0.25) is 9.89 Å². The summed E-state index contributed by atoms with van der Waals surface area (Å²) in [4.78, 5) is 16.0. The fourth-order valence-electron chi connectivity index (χ4n) is 2.57. The Balaban J connectivity index is 1.66. The van der Waals surface area contributed by atoms with E-state index >= 15 is 0 Å². The van der Waals surface area contributed by atoms with Crippen LogP contribution in [0.1, 0.15) is 16.1 Å². The topological polar surface area (TPSA) is 108 Å². The monoisotopic (exact) mass is 347 g/mol. The van der Waals surface area contributed by atoms with Gasteiger partial charge in [-0.05, 0) is 30.3 Å². The molecule has 0 atom stereocenters. The number of aromatic nitrogens is 3. The van der Waals surface area contributed by atoms with Gasteiger partial charge in [0.1, 0.15) is 11.8 Å². The lowest BCUT2D eigenvalue weighted by Crippen LogP contribution is -2.15. The first kappa shape index (κ1) is 15.5. The van der Waals surface area contributed by atoms with E-state index in [-0.39, 0.29) is 11.3 Å². The Morgan fingerprint density at radius 2 is 2.19 bits per heavy atom. The second kappa shape index (κ2) is 6.14. The Hall–Kier alpha value is -3.99. The SMILES string of the molecule is N#Cc1cnc(C(=O)Nc2ccc3[nH]nc(-c4ccoc4)c3c2)c(F)c1. The third kappa shape index (κ3) is 2.67. The number of carbonyl (C=O) groups excluding carboxylic acids is 1. The van der Waals surface area contributed by atoms with Crippen LogP contribution in [0.25, 0.3) is 22.2 Å². The molecule has 0 aliphatic rings. The van der Waals surface area contributed by atoms with Gasteiger partial charge in [0.15, 0.2) is 11.5 Å². The number of nitrogens with zero attached hydrogens (tertiary/aromatic N) is 3. The van der Waals surface area contributed by atoms with Gasteiger partial charge >= 0.3 is 0 Å². The predicted octanol–water partition coefficient (Wildman–Crippen LogP) is 3.48. The predicted molar refractivity (Wildman–Crippen MR) is 90.7 cm³/mol. The summed E-state index contributed by atoms with van der Waals surface area (Å²) >= 11 is 0. The first-order valence-electron chi connectivity index (χ1n) is 7.53. The summed E-state index contributed by atoms with van der Waals surface area (Å²) < 4.78 is 19.0. The Labute approximate surface area is 146 Å². The molecule has 3 aromatic heterocycles. The molecule has 26 heavy (non-hydrogen) atoms. The minimum Gasteiger partial charge on any atom is -0.472 e. The van der Waals surface area contributed by atoms with Crippen molar-refractivity contribution in [2.24, 2.45) is 0 Å².